The first kappa shape index (κ1) is 17.5. The number of nitrogens with zero attached hydrogens (tertiary/aromatic N) is 2. The minimum Gasteiger partial charge on any atom is -0.366 e. The van der Waals surface area contributed by atoms with Crippen molar-refractivity contribution in [2.24, 2.45) is 5.73 Å². The van der Waals surface area contributed by atoms with Crippen molar-refractivity contribution in [3.05, 3.63) is 64.1 Å². The first-order valence-electron chi connectivity index (χ1n) is 7.62. The van der Waals surface area contributed by atoms with E-state index in [-0.39, 0.29) is 0 Å². The van der Waals surface area contributed by atoms with Crippen LogP contribution in [0.4, 0.5) is 0 Å². The number of carbonyl (C=O) groups excluding carboxylic acids is 1. The third-order valence-electron chi connectivity index (χ3n) is 3.64. The Morgan fingerprint density at radius 3 is 2.73 bits per heavy atom. The van der Waals surface area contributed by atoms with E-state index in [1.54, 1.807) is 46.6 Å². The van der Waals surface area contributed by atoms with Crippen molar-refractivity contribution in [3.63, 3.8) is 0 Å². The van der Waals surface area contributed by atoms with Crippen molar-refractivity contribution in [3.8, 4) is 10.6 Å². The molecule has 0 bridgehead atoms. The zero-order chi connectivity index (χ0) is 18.1. The molecule has 0 radical (unpaired) electrons. The Bertz CT molecular complexity index is 1090. The average Bonchev–Trinajstić information content (AvgIpc) is 3.26. The van der Waals surface area contributed by atoms with E-state index in [0.717, 1.165) is 36.6 Å². The van der Waals surface area contributed by atoms with Gasteiger partial charge in [-0.2, -0.15) is 0 Å². The number of rotatable bonds is 5. The van der Waals surface area contributed by atoms with Gasteiger partial charge in [0, 0.05) is 27.3 Å². The minimum absolute atomic E-state index is 0.426. The van der Waals surface area contributed by atoms with Crippen LogP contribution in [0, 0.1) is 0 Å². The van der Waals surface area contributed by atoms with E-state index in [1.165, 1.54) is 0 Å². The van der Waals surface area contributed by atoms with Crippen molar-refractivity contribution >= 4 is 62.2 Å². The Morgan fingerprint density at radius 1 is 1.15 bits per heavy atom. The standard InChI is InChI=1S/C18H12ClN3OS3/c19-12-5-6-15-14(7-12)22-18(26-15)25-9-13-8-24-17(21-13)11-3-1-10(2-4-11)16(20)23/h1-8H,9H2,(H2,20,23). The van der Waals surface area contributed by atoms with Crippen molar-refractivity contribution in [2.75, 3.05) is 0 Å². The zero-order valence-corrected chi connectivity index (χ0v) is 16.5. The molecule has 0 saturated carbocycles. The number of aromatic nitrogens is 2. The maximum atomic E-state index is 11.2. The van der Waals surface area contributed by atoms with Gasteiger partial charge in [-0.15, -0.1) is 22.7 Å². The summed E-state index contributed by atoms with van der Waals surface area (Å²) >= 11 is 10.9. The molecule has 0 fully saturated rings. The molecule has 2 heterocycles. The number of hydrogen-bond acceptors (Lipinski definition) is 6. The van der Waals surface area contributed by atoms with Crippen molar-refractivity contribution in [1.82, 2.24) is 9.97 Å². The SMILES string of the molecule is NC(=O)c1ccc(-c2nc(CSc3nc4cc(Cl)ccc4s3)cs2)cc1. The number of primary amides is 1. The van der Waals surface area contributed by atoms with Gasteiger partial charge in [-0.25, -0.2) is 9.97 Å². The first-order valence-corrected chi connectivity index (χ1v) is 10.7. The summed E-state index contributed by atoms with van der Waals surface area (Å²) in [4.78, 5) is 20.4. The molecule has 2 aromatic carbocycles. The van der Waals surface area contributed by atoms with Crippen LogP contribution >= 0.6 is 46.0 Å². The van der Waals surface area contributed by atoms with E-state index in [9.17, 15) is 4.79 Å². The summed E-state index contributed by atoms with van der Waals surface area (Å²) in [5.74, 6) is 0.327. The monoisotopic (exact) mass is 417 g/mol. The normalized spacial score (nSPS) is 11.1. The van der Waals surface area contributed by atoms with Crippen LogP contribution < -0.4 is 5.73 Å². The predicted molar refractivity (Wildman–Crippen MR) is 110 cm³/mol. The van der Waals surface area contributed by atoms with Crippen LogP contribution in [0.3, 0.4) is 0 Å². The van der Waals surface area contributed by atoms with Gasteiger partial charge in [-0.05, 0) is 30.3 Å². The highest BCUT2D eigenvalue weighted by Crippen LogP contribution is 2.33. The Kier molecular flexibility index (Phi) is 4.95. The van der Waals surface area contributed by atoms with Crippen LogP contribution in [-0.2, 0) is 5.75 Å². The maximum absolute atomic E-state index is 11.2. The van der Waals surface area contributed by atoms with Crippen molar-refractivity contribution in [2.45, 2.75) is 10.1 Å². The van der Waals surface area contributed by atoms with Crippen LogP contribution in [0.25, 0.3) is 20.8 Å². The number of fused-ring (bicyclic) bond motifs is 1. The summed E-state index contributed by atoms with van der Waals surface area (Å²) in [6.45, 7) is 0. The van der Waals surface area contributed by atoms with Crippen LogP contribution in [0.5, 0.6) is 0 Å². The van der Waals surface area contributed by atoms with E-state index in [1.807, 2.05) is 30.3 Å². The molecule has 0 unspecified atom stereocenters. The Labute approximate surface area is 167 Å². The lowest BCUT2D eigenvalue weighted by atomic mass is 10.1. The molecule has 4 rings (SSSR count). The molecular formula is C18H12ClN3OS3. The molecule has 0 aliphatic heterocycles. The second-order valence-electron chi connectivity index (χ2n) is 5.47. The molecule has 8 heteroatoms. The molecule has 0 spiro atoms. The number of halogens is 1. The fourth-order valence-corrected chi connectivity index (χ4v) is 5.40. The zero-order valence-electron chi connectivity index (χ0n) is 13.3. The van der Waals surface area contributed by atoms with Gasteiger partial charge in [-0.3, -0.25) is 4.79 Å². The number of benzene rings is 2. The topological polar surface area (TPSA) is 68.9 Å². The second kappa shape index (κ2) is 7.36. The molecule has 0 atom stereocenters. The van der Waals surface area contributed by atoms with Crippen molar-refractivity contribution in [1.29, 1.82) is 0 Å². The summed E-state index contributed by atoms with van der Waals surface area (Å²) in [6, 6.07) is 12.9. The van der Waals surface area contributed by atoms with Gasteiger partial charge in [0.1, 0.15) is 5.01 Å². The third-order valence-corrected chi connectivity index (χ3v) is 7.03. The lowest BCUT2D eigenvalue weighted by molar-refractivity contribution is 0.100. The molecule has 26 heavy (non-hydrogen) atoms. The highest BCUT2D eigenvalue weighted by Gasteiger charge is 2.09. The van der Waals surface area contributed by atoms with E-state index in [4.69, 9.17) is 17.3 Å². The van der Waals surface area contributed by atoms with Gasteiger partial charge in [-0.1, -0.05) is 35.5 Å². The molecule has 1 amide bonds. The molecule has 0 aliphatic carbocycles. The highest BCUT2D eigenvalue weighted by molar-refractivity contribution is 8.00. The molecular weight excluding hydrogens is 406 g/mol. The fourth-order valence-electron chi connectivity index (χ4n) is 2.36. The maximum Gasteiger partial charge on any atom is 0.248 e. The van der Waals surface area contributed by atoms with Gasteiger partial charge < -0.3 is 5.73 Å². The van der Waals surface area contributed by atoms with Gasteiger partial charge in [0.25, 0.3) is 0 Å². The molecule has 2 N–H and O–H groups in total. The van der Waals surface area contributed by atoms with E-state index in [2.05, 4.69) is 15.3 Å². The van der Waals surface area contributed by atoms with Gasteiger partial charge in [0.2, 0.25) is 5.91 Å². The summed E-state index contributed by atoms with van der Waals surface area (Å²) < 4.78 is 2.13. The predicted octanol–water partition coefficient (Wildman–Crippen LogP) is 5.46. The molecule has 0 aliphatic rings. The highest BCUT2D eigenvalue weighted by atomic mass is 35.5. The smallest absolute Gasteiger partial charge is 0.248 e. The minimum atomic E-state index is -0.426. The van der Waals surface area contributed by atoms with Gasteiger partial charge >= 0.3 is 0 Å². The Hall–Kier alpha value is -1.93. The third kappa shape index (κ3) is 3.76. The van der Waals surface area contributed by atoms with Crippen LogP contribution in [-0.4, -0.2) is 15.9 Å². The van der Waals surface area contributed by atoms with E-state index < -0.39 is 5.91 Å². The van der Waals surface area contributed by atoms with Crippen LogP contribution in [0.1, 0.15) is 16.1 Å². The quantitative estimate of drug-likeness (QED) is 0.437. The number of carbonyl (C=O) groups is 1. The molecule has 4 nitrogen and oxygen atoms in total. The second-order valence-corrected chi connectivity index (χ2v) is 9.01. The Balaban J connectivity index is 1.46. The summed E-state index contributed by atoms with van der Waals surface area (Å²) in [5, 5.41) is 3.67. The molecule has 0 saturated heterocycles. The summed E-state index contributed by atoms with van der Waals surface area (Å²) in [5.41, 5.74) is 8.68. The largest absolute Gasteiger partial charge is 0.366 e. The number of thiazole rings is 2. The van der Waals surface area contributed by atoms with Gasteiger partial charge in [0.05, 0.1) is 15.9 Å². The summed E-state index contributed by atoms with van der Waals surface area (Å²) in [7, 11) is 0. The van der Waals surface area contributed by atoms with E-state index in [0.29, 0.717) is 10.6 Å². The number of thioether (sulfide) groups is 1. The number of nitrogens with two attached hydrogens (primary N) is 1. The summed E-state index contributed by atoms with van der Waals surface area (Å²) in [6.07, 6.45) is 0. The fraction of sp³-hybridized carbons (Fsp3) is 0.0556. The lowest BCUT2D eigenvalue weighted by Crippen LogP contribution is -2.10. The molecule has 4 aromatic rings. The number of amides is 1. The van der Waals surface area contributed by atoms with Gasteiger partial charge in [0.15, 0.2) is 4.34 Å². The average molecular weight is 418 g/mol. The Morgan fingerprint density at radius 2 is 1.96 bits per heavy atom. The molecule has 130 valence electrons. The van der Waals surface area contributed by atoms with Crippen molar-refractivity contribution < 1.29 is 4.79 Å². The number of hydrogen-bond donors (Lipinski definition) is 1. The lowest BCUT2D eigenvalue weighted by Gasteiger charge is -1.98. The van der Waals surface area contributed by atoms with Crippen LogP contribution in [0.15, 0.2) is 52.2 Å². The molecule has 2 aromatic heterocycles. The first-order chi connectivity index (χ1) is 12.6. The van der Waals surface area contributed by atoms with E-state index >= 15 is 0 Å². The van der Waals surface area contributed by atoms with Crippen LogP contribution in [0.2, 0.25) is 5.02 Å².